The predicted octanol–water partition coefficient (Wildman–Crippen LogP) is 2.11. The third-order valence-electron chi connectivity index (χ3n) is 4.12. The van der Waals surface area contributed by atoms with E-state index in [9.17, 15) is 0 Å². The van der Waals surface area contributed by atoms with E-state index in [0.29, 0.717) is 11.5 Å². The number of likely N-dealkylation sites (N-methyl/N-ethyl adjacent to an activating group) is 1. The van der Waals surface area contributed by atoms with E-state index < -0.39 is 0 Å². The molecule has 2 rings (SSSR count). The van der Waals surface area contributed by atoms with Crippen LogP contribution in [0, 0.1) is 6.92 Å². The zero-order chi connectivity index (χ0) is 13.9. The average molecular weight is 263 g/mol. The number of rotatable bonds is 6. The standard InChI is InChI=1S/C14H25N5/c1-5-15-13-16-9-11(2)12(18-13)17-10-14(19(3)4)7-6-8-14/h9H,5-8,10H2,1-4H3,(H2,15,16,17,18). The minimum atomic E-state index is 0.301. The van der Waals surface area contributed by atoms with Crippen LogP contribution in [0.5, 0.6) is 0 Å². The second kappa shape index (κ2) is 5.74. The van der Waals surface area contributed by atoms with Crippen molar-refractivity contribution in [1.82, 2.24) is 14.9 Å². The number of nitrogens with zero attached hydrogens (tertiary/aromatic N) is 3. The molecule has 0 saturated heterocycles. The van der Waals surface area contributed by atoms with Crippen LogP contribution >= 0.6 is 0 Å². The van der Waals surface area contributed by atoms with Crippen LogP contribution in [-0.2, 0) is 0 Å². The Morgan fingerprint density at radius 2 is 2.05 bits per heavy atom. The molecule has 0 unspecified atom stereocenters. The van der Waals surface area contributed by atoms with E-state index in [-0.39, 0.29) is 0 Å². The van der Waals surface area contributed by atoms with Gasteiger partial charge in [-0.1, -0.05) is 0 Å². The second-order valence-corrected chi connectivity index (χ2v) is 5.58. The Kier molecular flexibility index (Phi) is 4.24. The molecule has 0 spiro atoms. The second-order valence-electron chi connectivity index (χ2n) is 5.58. The Labute approximate surface area is 115 Å². The normalized spacial score (nSPS) is 17.1. The molecule has 1 aliphatic carbocycles. The van der Waals surface area contributed by atoms with Gasteiger partial charge in [0.05, 0.1) is 0 Å². The predicted molar refractivity (Wildman–Crippen MR) is 79.7 cm³/mol. The summed E-state index contributed by atoms with van der Waals surface area (Å²) in [6.45, 7) is 5.88. The van der Waals surface area contributed by atoms with E-state index >= 15 is 0 Å². The third kappa shape index (κ3) is 2.97. The maximum absolute atomic E-state index is 4.53. The highest BCUT2D eigenvalue weighted by molar-refractivity contribution is 5.46. The highest BCUT2D eigenvalue weighted by Gasteiger charge is 2.38. The molecule has 0 aliphatic heterocycles. The van der Waals surface area contributed by atoms with Crippen molar-refractivity contribution in [3.63, 3.8) is 0 Å². The monoisotopic (exact) mass is 263 g/mol. The van der Waals surface area contributed by atoms with Gasteiger partial charge < -0.3 is 15.5 Å². The van der Waals surface area contributed by atoms with Crippen molar-refractivity contribution in [2.45, 2.75) is 38.6 Å². The first-order valence-electron chi connectivity index (χ1n) is 7.06. The van der Waals surface area contributed by atoms with Gasteiger partial charge in [0.25, 0.3) is 0 Å². The Bertz CT molecular complexity index is 426. The van der Waals surface area contributed by atoms with Crippen LogP contribution in [0.3, 0.4) is 0 Å². The van der Waals surface area contributed by atoms with Crippen LogP contribution in [0.1, 0.15) is 31.7 Å². The summed E-state index contributed by atoms with van der Waals surface area (Å²) < 4.78 is 0. The van der Waals surface area contributed by atoms with Gasteiger partial charge in [0.15, 0.2) is 0 Å². The smallest absolute Gasteiger partial charge is 0.224 e. The van der Waals surface area contributed by atoms with Gasteiger partial charge in [-0.05, 0) is 47.2 Å². The maximum atomic E-state index is 4.53. The van der Waals surface area contributed by atoms with Crippen LogP contribution in [0.2, 0.25) is 0 Å². The minimum absolute atomic E-state index is 0.301. The molecule has 5 nitrogen and oxygen atoms in total. The quantitative estimate of drug-likeness (QED) is 0.823. The fourth-order valence-electron chi connectivity index (χ4n) is 2.48. The summed E-state index contributed by atoms with van der Waals surface area (Å²) >= 11 is 0. The molecule has 1 aromatic heterocycles. The van der Waals surface area contributed by atoms with Crippen molar-refractivity contribution in [3.05, 3.63) is 11.8 Å². The lowest BCUT2D eigenvalue weighted by Crippen LogP contribution is -2.54. The van der Waals surface area contributed by atoms with E-state index in [1.165, 1.54) is 19.3 Å². The third-order valence-corrected chi connectivity index (χ3v) is 4.12. The number of aromatic nitrogens is 2. The van der Waals surface area contributed by atoms with Crippen molar-refractivity contribution in [1.29, 1.82) is 0 Å². The summed E-state index contributed by atoms with van der Waals surface area (Å²) in [5.41, 5.74) is 1.39. The summed E-state index contributed by atoms with van der Waals surface area (Å²) in [6.07, 6.45) is 5.72. The topological polar surface area (TPSA) is 53.1 Å². The van der Waals surface area contributed by atoms with Crippen LogP contribution < -0.4 is 10.6 Å². The van der Waals surface area contributed by atoms with Crippen LogP contribution in [0.25, 0.3) is 0 Å². The van der Waals surface area contributed by atoms with Crippen molar-refractivity contribution in [2.24, 2.45) is 0 Å². The Hall–Kier alpha value is -1.36. The Morgan fingerprint density at radius 1 is 1.32 bits per heavy atom. The lowest BCUT2D eigenvalue weighted by Gasteiger charge is -2.47. The summed E-state index contributed by atoms with van der Waals surface area (Å²) in [7, 11) is 4.33. The zero-order valence-corrected chi connectivity index (χ0v) is 12.5. The van der Waals surface area contributed by atoms with Crippen LogP contribution in [0.4, 0.5) is 11.8 Å². The van der Waals surface area contributed by atoms with E-state index in [2.05, 4.69) is 39.6 Å². The lowest BCUT2D eigenvalue weighted by atomic mass is 9.75. The van der Waals surface area contributed by atoms with Gasteiger partial charge in [-0.15, -0.1) is 0 Å². The van der Waals surface area contributed by atoms with Gasteiger partial charge in [0.1, 0.15) is 5.82 Å². The number of anilines is 2. The zero-order valence-electron chi connectivity index (χ0n) is 12.5. The molecule has 1 fully saturated rings. The molecule has 0 bridgehead atoms. The lowest BCUT2D eigenvalue weighted by molar-refractivity contribution is 0.0738. The molecule has 106 valence electrons. The van der Waals surface area contributed by atoms with Gasteiger partial charge >= 0.3 is 0 Å². The van der Waals surface area contributed by atoms with Crippen LogP contribution in [0.15, 0.2) is 6.20 Å². The maximum Gasteiger partial charge on any atom is 0.224 e. The fraction of sp³-hybridized carbons (Fsp3) is 0.714. The molecule has 1 aromatic rings. The summed E-state index contributed by atoms with van der Waals surface area (Å²) in [5, 5.41) is 6.65. The molecule has 2 N–H and O–H groups in total. The Balaban J connectivity index is 2.04. The number of hydrogen-bond acceptors (Lipinski definition) is 5. The van der Waals surface area contributed by atoms with E-state index in [0.717, 1.165) is 24.5 Å². The molecule has 0 amide bonds. The first-order valence-corrected chi connectivity index (χ1v) is 7.06. The number of aryl methyl sites for hydroxylation is 1. The van der Waals surface area contributed by atoms with Gasteiger partial charge in [-0.3, -0.25) is 0 Å². The van der Waals surface area contributed by atoms with E-state index in [1.54, 1.807) is 0 Å². The van der Waals surface area contributed by atoms with Crippen molar-refractivity contribution in [3.8, 4) is 0 Å². The first kappa shape index (κ1) is 14.1. The molecule has 5 heteroatoms. The molecule has 1 heterocycles. The molecular formula is C14H25N5. The van der Waals surface area contributed by atoms with Crippen LogP contribution in [-0.4, -0.2) is 47.6 Å². The molecule has 0 radical (unpaired) electrons. The van der Waals surface area contributed by atoms with E-state index in [1.807, 2.05) is 20.0 Å². The van der Waals surface area contributed by atoms with Crippen molar-refractivity contribution in [2.75, 3.05) is 37.8 Å². The molecule has 0 aromatic carbocycles. The fourth-order valence-corrected chi connectivity index (χ4v) is 2.48. The average Bonchev–Trinajstić information content (AvgIpc) is 2.31. The number of nitrogens with one attached hydrogen (secondary N) is 2. The van der Waals surface area contributed by atoms with Crippen molar-refractivity contribution >= 4 is 11.8 Å². The Morgan fingerprint density at radius 3 is 2.58 bits per heavy atom. The molecule has 19 heavy (non-hydrogen) atoms. The highest BCUT2D eigenvalue weighted by Crippen LogP contribution is 2.36. The summed E-state index contributed by atoms with van der Waals surface area (Å²) in [6, 6.07) is 0. The largest absolute Gasteiger partial charge is 0.368 e. The SMILES string of the molecule is CCNc1ncc(C)c(NCC2(N(C)C)CCC2)n1. The summed E-state index contributed by atoms with van der Waals surface area (Å²) in [5.74, 6) is 1.64. The van der Waals surface area contributed by atoms with E-state index in [4.69, 9.17) is 0 Å². The highest BCUT2D eigenvalue weighted by atomic mass is 15.2. The minimum Gasteiger partial charge on any atom is -0.368 e. The number of hydrogen-bond donors (Lipinski definition) is 2. The van der Waals surface area contributed by atoms with Gasteiger partial charge in [-0.25, -0.2) is 4.98 Å². The van der Waals surface area contributed by atoms with Gasteiger partial charge in [0.2, 0.25) is 5.95 Å². The van der Waals surface area contributed by atoms with Gasteiger partial charge in [-0.2, -0.15) is 4.98 Å². The first-order chi connectivity index (χ1) is 9.07. The van der Waals surface area contributed by atoms with Crippen molar-refractivity contribution < 1.29 is 0 Å². The molecule has 1 saturated carbocycles. The molecular weight excluding hydrogens is 238 g/mol. The summed E-state index contributed by atoms with van der Waals surface area (Å²) in [4.78, 5) is 11.1. The molecule has 1 aliphatic rings. The van der Waals surface area contributed by atoms with Gasteiger partial charge in [0, 0.05) is 30.4 Å². The molecule has 0 atom stereocenters.